The van der Waals surface area contributed by atoms with E-state index >= 15 is 0 Å². The standard InChI is InChI=1S/C8H16N2O5S/c1-2-3-4-5-9-7-6-10(11)8(7)15-16(12,13)14/h7,9H,2-6H2,1H3,(H-,11,12,13,14)/p+1. The SMILES string of the molecule is CCCCCNC1C[N+](O)=C1OS(=O)(=O)O. The van der Waals surface area contributed by atoms with Gasteiger partial charge in [-0.1, -0.05) is 19.8 Å². The number of rotatable bonds is 6. The highest BCUT2D eigenvalue weighted by molar-refractivity contribution is 7.81. The second kappa shape index (κ2) is 5.46. The Balaban J connectivity index is 2.36. The van der Waals surface area contributed by atoms with Gasteiger partial charge in [-0.15, -0.1) is 0 Å². The molecule has 1 rings (SSSR count). The van der Waals surface area contributed by atoms with Gasteiger partial charge in [0.1, 0.15) is 0 Å². The molecular weight excluding hydrogens is 236 g/mol. The lowest BCUT2D eigenvalue weighted by Crippen LogP contribution is -2.57. The molecule has 1 atom stereocenters. The van der Waals surface area contributed by atoms with E-state index in [1.165, 1.54) is 0 Å². The van der Waals surface area contributed by atoms with Crippen LogP contribution < -0.4 is 5.32 Å². The summed E-state index contributed by atoms with van der Waals surface area (Å²) >= 11 is 0. The summed E-state index contributed by atoms with van der Waals surface area (Å²) < 4.78 is 34.2. The van der Waals surface area contributed by atoms with Gasteiger partial charge in [-0.2, -0.15) is 8.42 Å². The van der Waals surface area contributed by atoms with Crippen LogP contribution in [0.4, 0.5) is 0 Å². The molecular formula is C8H17N2O5S+. The molecule has 0 aromatic carbocycles. The Hall–Kier alpha value is -0.860. The predicted octanol–water partition coefficient (Wildman–Crippen LogP) is -0.232. The van der Waals surface area contributed by atoms with Gasteiger partial charge in [0, 0.05) is 4.74 Å². The van der Waals surface area contributed by atoms with Crippen LogP contribution in [0.25, 0.3) is 0 Å². The number of hydrogen-bond acceptors (Lipinski definition) is 5. The zero-order valence-corrected chi connectivity index (χ0v) is 9.90. The molecule has 7 nitrogen and oxygen atoms in total. The first-order chi connectivity index (χ1) is 7.44. The zero-order valence-electron chi connectivity index (χ0n) is 9.09. The molecule has 0 fully saturated rings. The molecule has 0 aromatic heterocycles. The average molecular weight is 253 g/mol. The predicted molar refractivity (Wildman–Crippen MR) is 55.9 cm³/mol. The highest BCUT2D eigenvalue weighted by Crippen LogP contribution is 2.06. The van der Waals surface area contributed by atoms with E-state index in [9.17, 15) is 8.42 Å². The molecule has 3 N–H and O–H groups in total. The van der Waals surface area contributed by atoms with Crippen LogP contribution in [-0.4, -0.2) is 47.9 Å². The molecule has 1 unspecified atom stereocenters. The monoisotopic (exact) mass is 253 g/mol. The zero-order chi connectivity index (χ0) is 12.2. The lowest BCUT2D eigenvalue weighted by molar-refractivity contribution is -0.798. The lowest BCUT2D eigenvalue weighted by atomic mass is 10.2. The van der Waals surface area contributed by atoms with Crippen molar-refractivity contribution in [1.82, 2.24) is 5.32 Å². The summed E-state index contributed by atoms with van der Waals surface area (Å²) in [5.41, 5.74) is 0. The molecule has 1 aliphatic heterocycles. The van der Waals surface area contributed by atoms with Crippen LogP contribution >= 0.6 is 0 Å². The molecule has 0 spiro atoms. The average Bonchev–Trinajstić information content (AvgIpc) is 2.18. The van der Waals surface area contributed by atoms with E-state index in [0.717, 1.165) is 19.3 Å². The molecule has 0 amide bonds. The van der Waals surface area contributed by atoms with E-state index in [4.69, 9.17) is 9.76 Å². The van der Waals surface area contributed by atoms with E-state index < -0.39 is 10.4 Å². The minimum atomic E-state index is -4.56. The number of nitrogens with one attached hydrogen (secondary N) is 1. The fourth-order valence-corrected chi connectivity index (χ4v) is 1.84. The van der Waals surface area contributed by atoms with Crippen molar-refractivity contribution in [3.8, 4) is 0 Å². The minimum absolute atomic E-state index is 0.181. The largest absolute Gasteiger partial charge is 0.450 e. The van der Waals surface area contributed by atoms with Crippen molar-refractivity contribution in [3.63, 3.8) is 0 Å². The van der Waals surface area contributed by atoms with Gasteiger partial charge in [0.2, 0.25) is 12.6 Å². The van der Waals surface area contributed by atoms with Crippen LogP contribution in [0.15, 0.2) is 0 Å². The first-order valence-corrected chi connectivity index (χ1v) is 6.54. The lowest BCUT2D eigenvalue weighted by Gasteiger charge is -2.19. The van der Waals surface area contributed by atoms with Gasteiger partial charge in [0.05, 0.1) is 0 Å². The smallest absolute Gasteiger partial charge is 0.300 e. The quantitative estimate of drug-likeness (QED) is 0.262. The maximum Gasteiger partial charge on any atom is 0.450 e. The summed E-state index contributed by atoms with van der Waals surface area (Å²) in [6, 6.07) is -0.358. The van der Waals surface area contributed by atoms with E-state index in [-0.39, 0.29) is 18.5 Å². The van der Waals surface area contributed by atoms with Gasteiger partial charge in [-0.25, -0.2) is 0 Å². The van der Waals surface area contributed by atoms with Crippen molar-refractivity contribution in [3.05, 3.63) is 0 Å². The van der Waals surface area contributed by atoms with Crippen molar-refractivity contribution < 1.29 is 27.1 Å². The van der Waals surface area contributed by atoms with Crippen molar-refractivity contribution in [2.45, 2.75) is 32.2 Å². The Morgan fingerprint density at radius 1 is 1.56 bits per heavy atom. The van der Waals surface area contributed by atoms with E-state index in [1.54, 1.807) is 0 Å². The third kappa shape index (κ3) is 3.95. The highest BCUT2D eigenvalue weighted by atomic mass is 32.3. The number of unbranched alkanes of at least 4 members (excludes halogenated alkanes) is 2. The van der Waals surface area contributed by atoms with Gasteiger partial charge in [-0.3, -0.25) is 15.1 Å². The molecule has 0 aliphatic carbocycles. The Morgan fingerprint density at radius 2 is 2.25 bits per heavy atom. The van der Waals surface area contributed by atoms with E-state index in [1.807, 2.05) is 0 Å². The summed E-state index contributed by atoms with van der Waals surface area (Å²) in [6.45, 7) is 3.04. The molecule has 8 heteroatoms. The van der Waals surface area contributed by atoms with Crippen LogP contribution in [0.2, 0.25) is 0 Å². The van der Waals surface area contributed by atoms with Gasteiger partial charge in [0.15, 0.2) is 0 Å². The normalized spacial score (nSPS) is 20.8. The van der Waals surface area contributed by atoms with Crippen LogP contribution in [0.3, 0.4) is 0 Å². The van der Waals surface area contributed by atoms with Gasteiger partial charge >= 0.3 is 16.3 Å². The van der Waals surface area contributed by atoms with Crippen LogP contribution in [0.1, 0.15) is 26.2 Å². The third-order valence-corrected chi connectivity index (χ3v) is 2.65. The molecule has 16 heavy (non-hydrogen) atoms. The molecule has 1 aliphatic rings. The molecule has 0 aromatic rings. The van der Waals surface area contributed by atoms with Crippen LogP contribution in [0.5, 0.6) is 0 Å². The molecule has 0 saturated carbocycles. The topological polar surface area (TPSA) is 98.9 Å². The summed E-state index contributed by atoms with van der Waals surface area (Å²) in [4.78, 5) is 0. The van der Waals surface area contributed by atoms with Crippen molar-refractivity contribution in [2.75, 3.05) is 13.1 Å². The van der Waals surface area contributed by atoms with E-state index in [0.29, 0.717) is 11.3 Å². The second-order valence-corrected chi connectivity index (χ2v) is 4.67. The number of hydrogen-bond donors (Lipinski definition) is 3. The van der Waals surface area contributed by atoms with Crippen molar-refractivity contribution in [2.24, 2.45) is 0 Å². The fraction of sp³-hybridized carbons (Fsp3) is 0.875. The third-order valence-electron chi connectivity index (χ3n) is 2.27. The summed E-state index contributed by atoms with van der Waals surface area (Å²) in [5, 5.41) is 12.1. The maximum atomic E-state index is 10.4. The highest BCUT2D eigenvalue weighted by Gasteiger charge is 2.45. The molecule has 0 bridgehead atoms. The van der Waals surface area contributed by atoms with E-state index in [2.05, 4.69) is 16.4 Å². The molecule has 0 saturated heterocycles. The van der Waals surface area contributed by atoms with Gasteiger partial charge < -0.3 is 4.18 Å². The number of nitrogens with zero attached hydrogens (tertiary/aromatic N) is 1. The van der Waals surface area contributed by atoms with Gasteiger partial charge in [0.25, 0.3) is 0 Å². The van der Waals surface area contributed by atoms with Crippen molar-refractivity contribution in [1.29, 1.82) is 0 Å². The first kappa shape index (κ1) is 13.2. The Morgan fingerprint density at radius 3 is 2.75 bits per heavy atom. The maximum absolute atomic E-state index is 10.4. The molecule has 1 heterocycles. The molecule has 94 valence electrons. The minimum Gasteiger partial charge on any atom is -0.300 e. The Labute approximate surface area is 94.6 Å². The summed E-state index contributed by atoms with van der Waals surface area (Å²) in [6.07, 6.45) is 3.14. The van der Waals surface area contributed by atoms with Crippen molar-refractivity contribution >= 4 is 16.3 Å². The van der Waals surface area contributed by atoms with Crippen LogP contribution in [0, 0.1) is 0 Å². The van der Waals surface area contributed by atoms with Gasteiger partial charge in [-0.05, 0) is 13.0 Å². The number of hydroxylamine groups is 1. The summed E-state index contributed by atoms with van der Waals surface area (Å²) in [5.74, 6) is -0.181. The molecule has 0 radical (unpaired) electrons. The Bertz CT molecular complexity index is 365. The fourth-order valence-electron chi connectivity index (χ4n) is 1.42. The van der Waals surface area contributed by atoms with Crippen LogP contribution in [-0.2, 0) is 14.6 Å². The first-order valence-electron chi connectivity index (χ1n) is 5.17. The Kier molecular flexibility index (Phi) is 4.51. The second-order valence-electron chi connectivity index (χ2n) is 3.65. The summed E-state index contributed by atoms with van der Waals surface area (Å²) in [7, 11) is -4.56.